The highest BCUT2D eigenvalue weighted by Crippen LogP contribution is 2.22. The van der Waals surface area contributed by atoms with Crippen molar-refractivity contribution in [3.63, 3.8) is 0 Å². The van der Waals surface area contributed by atoms with Gasteiger partial charge in [-0.15, -0.1) is 0 Å². The zero-order valence-corrected chi connectivity index (χ0v) is 13.6. The Hall–Kier alpha value is -2.05. The Labute approximate surface area is 139 Å². The summed E-state index contributed by atoms with van der Waals surface area (Å²) in [5, 5.41) is 17.3. The minimum absolute atomic E-state index is 0.145. The first kappa shape index (κ1) is 15.8. The van der Waals surface area contributed by atoms with Crippen LogP contribution in [-0.2, 0) is 0 Å². The van der Waals surface area contributed by atoms with Crippen LogP contribution in [0.2, 0.25) is 5.02 Å². The Balaban J connectivity index is 1.66. The van der Waals surface area contributed by atoms with Gasteiger partial charge in [-0.2, -0.15) is 5.10 Å². The molecule has 1 aliphatic rings. The molecule has 1 aromatic heterocycles. The standard InChI is InChI=1S/C16H19ClN4O2/c1-11(22)12-6-7-20(9-12)16(23)19-13-8-18-21(10-13)15-5-3-2-4-14(15)17/h2-5,8,10-12,22H,6-7,9H2,1H3,(H,19,23)/t11-,12+/m1/s1. The number of carbonyl (C=O) groups is 1. The van der Waals surface area contributed by atoms with Gasteiger partial charge in [0.15, 0.2) is 0 Å². The Morgan fingerprint density at radius 1 is 1.48 bits per heavy atom. The van der Waals surface area contributed by atoms with Crippen LogP contribution in [0, 0.1) is 5.92 Å². The van der Waals surface area contributed by atoms with Crippen LogP contribution < -0.4 is 5.32 Å². The van der Waals surface area contributed by atoms with Crippen molar-refractivity contribution < 1.29 is 9.90 Å². The molecular weight excluding hydrogens is 316 g/mol. The number of nitrogens with one attached hydrogen (secondary N) is 1. The van der Waals surface area contributed by atoms with Gasteiger partial charge in [0.05, 0.1) is 34.9 Å². The van der Waals surface area contributed by atoms with E-state index in [0.29, 0.717) is 23.8 Å². The highest BCUT2D eigenvalue weighted by molar-refractivity contribution is 6.32. The van der Waals surface area contributed by atoms with Crippen molar-refractivity contribution in [2.24, 2.45) is 5.92 Å². The highest BCUT2D eigenvalue weighted by atomic mass is 35.5. The third kappa shape index (κ3) is 3.48. The van der Waals surface area contributed by atoms with E-state index in [0.717, 1.165) is 12.1 Å². The lowest BCUT2D eigenvalue weighted by Gasteiger charge is -2.17. The number of halogens is 1. The summed E-state index contributed by atoms with van der Waals surface area (Å²) in [6.07, 6.45) is 3.74. The van der Waals surface area contributed by atoms with Gasteiger partial charge in [0.25, 0.3) is 0 Å². The van der Waals surface area contributed by atoms with Crippen molar-refractivity contribution in [1.82, 2.24) is 14.7 Å². The second-order valence-electron chi connectivity index (χ2n) is 5.79. The maximum absolute atomic E-state index is 12.3. The van der Waals surface area contributed by atoms with Crippen molar-refractivity contribution in [1.29, 1.82) is 0 Å². The van der Waals surface area contributed by atoms with Gasteiger partial charge < -0.3 is 15.3 Å². The molecule has 0 spiro atoms. The van der Waals surface area contributed by atoms with E-state index in [1.807, 2.05) is 18.2 Å². The van der Waals surface area contributed by atoms with Crippen molar-refractivity contribution >= 4 is 23.3 Å². The van der Waals surface area contributed by atoms with E-state index in [1.54, 1.807) is 35.0 Å². The van der Waals surface area contributed by atoms with E-state index in [4.69, 9.17) is 11.6 Å². The third-order valence-electron chi connectivity index (χ3n) is 4.13. The van der Waals surface area contributed by atoms with Gasteiger partial charge in [0, 0.05) is 19.0 Å². The number of carbonyl (C=O) groups excluding carboxylic acids is 1. The second kappa shape index (κ2) is 6.60. The number of aliphatic hydroxyl groups excluding tert-OH is 1. The molecule has 2 atom stereocenters. The molecule has 2 aromatic rings. The number of nitrogens with zero attached hydrogens (tertiary/aromatic N) is 3. The van der Waals surface area contributed by atoms with E-state index < -0.39 is 6.10 Å². The smallest absolute Gasteiger partial charge is 0.321 e. The van der Waals surface area contributed by atoms with Crippen LogP contribution in [0.5, 0.6) is 0 Å². The van der Waals surface area contributed by atoms with E-state index in [2.05, 4.69) is 10.4 Å². The molecule has 2 N–H and O–H groups in total. The molecule has 3 rings (SSSR count). The molecule has 1 saturated heterocycles. The average Bonchev–Trinajstić information content (AvgIpc) is 3.16. The van der Waals surface area contributed by atoms with Gasteiger partial charge in [-0.1, -0.05) is 23.7 Å². The topological polar surface area (TPSA) is 70.4 Å². The summed E-state index contributed by atoms with van der Waals surface area (Å²) in [6.45, 7) is 2.99. The minimum Gasteiger partial charge on any atom is -0.393 e. The van der Waals surface area contributed by atoms with E-state index >= 15 is 0 Å². The number of anilines is 1. The summed E-state index contributed by atoms with van der Waals surface area (Å²) in [6, 6.07) is 7.20. The van der Waals surface area contributed by atoms with Gasteiger partial charge in [0.2, 0.25) is 0 Å². The number of likely N-dealkylation sites (tertiary alicyclic amines) is 1. The van der Waals surface area contributed by atoms with Crippen molar-refractivity contribution in [3.05, 3.63) is 41.7 Å². The normalized spacial score (nSPS) is 18.9. The molecule has 0 radical (unpaired) electrons. The summed E-state index contributed by atoms with van der Waals surface area (Å²) < 4.78 is 1.63. The maximum Gasteiger partial charge on any atom is 0.321 e. The first-order valence-electron chi connectivity index (χ1n) is 7.58. The van der Waals surface area contributed by atoms with Gasteiger partial charge >= 0.3 is 6.03 Å². The molecule has 23 heavy (non-hydrogen) atoms. The summed E-state index contributed by atoms with van der Waals surface area (Å²) in [7, 11) is 0. The predicted octanol–water partition coefficient (Wildman–Crippen LogP) is 2.76. The van der Waals surface area contributed by atoms with Gasteiger partial charge in [0.1, 0.15) is 0 Å². The Kier molecular flexibility index (Phi) is 4.54. The molecule has 0 bridgehead atoms. The fourth-order valence-electron chi connectivity index (χ4n) is 2.72. The second-order valence-corrected chi connectivity index (χ2v) is 6.20. The largest absolute Gasteiger partial charge is 0.393 e. The number of aromatic nitrogens is 2. The van der Waals surface area contributed by atoms with Crippen LogP contribution in [0.1, 0.15) is 13.3 Å². The zero-order chi connectivity index (χ0) is 16.4. The van der Waals surface area contributed by atoms with E-state index in [-0.39, 0.29) is 11.9 Å². The third-order valence-corrected chi connectivity index (χ3v) is 4.45. The molecule has 0 unspecified atom stereocenters. The van der Waals surface area contributed by atoms with Crippen LogP contribution in [0.4, 0.5) is 10.5 Å². The molecule has 1 aromatic carbocycles. The molecular formula is C16H19ClN4O2. The lowest BCUT2D eigenvalue weighted by molar-refractivity contribution is 0.130. The number of amides is 2. The predicted molar refractivity (Wildman–Crippen MR) is 89.0 cm³/mol. The zero-order valence-electron chi connectivity index (χ0n) is 12.8. The van der Waals surface area contributed by atoms with Crippen molar-refractivity contribution in [2.75, 3.05) is 18.4 Å². The quantitative estimate of drug-likeness (QED) is 0.906. The van der Waals surface area contributed by atoms with Gasteiger partial charge in [-0.25, -0.2) is 9.48 Å². The Morgan fingerprint density at radius 2 is 2.26 bits per heavy atom. The molecule has 0 saturated carbocycles. The number of para-hydroxylation sites is 1. The molecule has 122 valence electrons. The molecule has 6 nitrogen and oxygen atoms in total. The molecule has 7 heteroatoms. The fraction of sp³-hybridized carbons (Fsp3) is 0.375. The number of hydrogen-bond donors (Lipinski definition) is 2. The maximum atomic E-state index is 12.3. The van der Waals surface area contributed by atoms with Gasteiger partial charge in [-0.3, -0.25) is 0 Å². The molecule has 1 aliphatic heterocycles. The molecule has 1 fully saturated rings. The van der Waals surface area contributed by atoms with Crippen LogP contribution in [-0.4, -0.2) is 45.0 Å². The van der Waals surface area contributed by atoms with Crippen LogP contribution in [0.3, 0.4) is 0 Å². The highest BCUT2D eigenvalue weighted by Gasteiger charge is 2.29. The number of aliphatic hydroxyl groups is 1. The van der Waals surface area contributed by atoms with Crippen LogP contribution in [0.15, 0.2) is 36.7 Å². The SMILES string of the molecule is C[C@@H](O)[C@H]1CCN(C(=O)Nc2cnn(-c3ccccc3Cl)c2)C1. The number of benzene rings is 1. The summed E-state index contributed by atoms with van der Waals surface area (Å²) in [4.78, 5) is 14.0. The monoisotopic (exact) mass is 334 g/mol. The van der Waals surface area contributed by atoms with E-state index in [1.165, 1.54) is 0 Å². The number of hydrogen-bond acceptors (Lipinski definition) is 3. The minimum atomic E-state index is -0.393. The van der Waals surface area contributed by atoms with Crippen LogP contribution in [0.25, 0.3) is 5.69 Å². The average molecular weight is 335 g/mol. The summed E-state index contributed by atoms with van der Waals surface area (Å²) >= 11 is 6.14. The lowest BCUT2D eigenvalue weighted by atomic mass is 10.0. The van der Waals surface area contributed by atoms with Crippen LogP contribution >= 0.6 is 11.6 Å². The summed E-state index contributed by atoms with van der Waals surface area (Å²) in [5.74, 6) is 0.145. The number of rotatable bonds is 3. The van der Waals surface area contributed by atoms with Gasteiger partial charge in [-0.05, 0) is 25.5 Å². The first-order valence-corrected chi connectivity index (χ1v) is 7.96. The van der Waals surface area contributed by atoms with Crippen molar-refractivity contribution in [3.8, 4) is 5.69 Å². The van der Waals surface area contributed by atoms with E-state index in [9.17, 15) is 9.90 Å². The summed E-state index contributed by atoms with van der Waals surface area (Å²) in [5.41, 5.74) is 1.36. The Bertz CT molecular complexity index is 701. The molecule has 2 heterocycles. The molecule has 0 aliphatic carbocycles. The fourth-order valence-corrected chi connectivity index (χ4v) is 2.95. The Morgan fingerprint density at radius 3 is 2.96 bits per heavy atom. The lowest BCUT2D eigenvalue weighted by Crippen LogP contribution is -2.34. The number of urea groups is 1. The molecule has 2 amide bonds. The van der Waals surface area contributed by atoms with Crippen molar-refractivity contribution in [2.45, 2.75) is 19.4 Å². The first-order chi connectivity index (χ1) is 11.0.